The highest BCUT2D eigenvalue weighted by atomic mass is 16.7. The van der Waals surface area contributed by atoms with Gasteiger partial charge in [-0.1, -0.05) is 341 Å². The number of rotatable bonds is 66. The van der Waals surface area contributed by atoms with Crippen molar-refractivity contribution in [1.29, 1.82) is 0 Å². The van der Waals surface area contributed by atoms with Crippen LogP contribution in [0.5, 0.6) is 0 Å². The highest BCUT2D eigenvalue weighted by molar-refractivity contribution is 5.71. The van der Waals surface area contributed by atoms with Gasteiger partial charge in [0.2, 0.25) is 0 Å². The number of unbranched alkanes of at least 4 members (excludes halogenated alkanes) is 51. The van der Waals surface area contributed by atoms with Crippen molar-refractivity contribution in [2.75, 3.05) is 47.5 Å². The molecule has 0 aromatic heterocycles. The lowest BCUT2D eigenvalue weighted by Gasteiger charge is -2.25. The number of quaternary nitrogens is 1. The number of carboxylic acids is 1. The molecular formula is C69H136NO8+. The van der Waals surface area contributed by atoms with Crippen LogP contribution in [0, 0.1) is 0 Å². The molecule has 0 bridgehead atoms. The van der Waals surface area contributed by atoms with E-state index in [0.717, 1.165) is 38.5 Å². The zero-order valence-corrected chi connectivity index (χ0v) is 53.1. The number of aliphatic carboxylic acids is 1. The molecule has 2 atom stereocenters. The molecular weight excluding hydrogens is 971 g/mol. The Morgan fingerprint density at radius 3 is 0.821 bits per heavy atom. The second-order valence-electron chi connectivity index (χ2n) is 25.2. The van der Waals surface area contributed by atoms with Gasteiger partial charge in [0.1, 0.15) is 13.2 Å². The molecule has 2 unspecified atom stereocenters. The molecule has 0 radical (unpaired) electrons. The van der Waals surface area contributed by atoms with Gasteiger partial charge in [0.15, 0.2) is 6.10 Å². The van der Waals surface area contributed by atoms with Gasteiger partial charge in [0, 0.05) is 12.8 Å². The quantitative estimate of drug-likeness (QED) is 0.0278. The molecule has 0 saturated carbocycles. The summed E-state index contributed by atoms with van der Waals surface area (Å²) in [6.07, 6.45) is 69.4. The molecule has 9 nitrogen and oxygen atoms in total. The third kappa shape index (κ3) is 61.9. The normalized spacial score (nSPS) is 12.6. The van der Waals surface area contributed by atoms with Crippen LogP contribution in [0.4, 0.5) is 0 Å². The second kappa shape index (κ2) is 61.4. The van der Waals surface area contributed by atoms with Gasteiger partial charge in [-0.05, 0) is 12.8 Å². The first-order chi connectivity index (χ1) is 38.1. The number of carboxylic acid groups (broad SMARTS) is 1. The van der Waals surface area contributed by atoms with Crippen LogP contribution in [0.15, 0.2) is 0 Å². The van der Waals surface area contributed by atoms with E-state index in [4.69, 9.17) is 18.9 Å². The Kier molecular flexibility index (Phi) is 60.0. The van der Waals surface area contributed by atoms with Crippen molar-refractivity contribution in [3.63, 3.8) is 0 Å². The van der Waals surface area contributed by atoms with Crippen molar-refractivity contribution in [1.82, 2.24) is 0 Å². The summed E-state index contributed by atoms with van der Waals surface area (Å²) >= 11 is 0. The molecule has 1 N–H and O–H groups in total. The number of hydrogen-bond acceptors (Lipinski definition) is 7. The Hall–Kier alpha value is -1.71. The summed E-state index contributed by atoms with van der Waals surface area (Å²) in [5.41, 5.74) is 0. The minimum atomic E-state index is -1.50. The van der Waals surface area contributed by atoms with Crippen molar-refractivity contribution >= 4 is 17.9 Å². The molecule has 0 aromatic carbocycles. The van der Waals surface area contributed by atoms with E-state index >= 15 is 0 Å². The van der Waals surface area contributed by atoms with Gasteiger partial charge in [-0.2, -0.15) is 0 Å². The van der Waals surface area contributed by atoms with Crippen molar-refractivity contribution < 1.29 is 42.9 Å². The van der Waals surface area contributed by atoms with Crippen LogP contribution in [0.25, 0.3) is 0 Å². The summed E-state index contributed by atoms with van der Waals surface area (Å²) in [6.45, 7) is 4.97. The molecule has 0 heterocycles. The van der Waals surface area contributed by atoms with Crippen molar-refractivity contribution in [2.24, 2.45) is 0 Å². The first kappa shape index (κ1) is 76.3. The maximum absolute atomic E-state index is 12.9. The Morgan fingerprint density at radius 2 is 0.577 bits per heavy atom. The predicted octanol–water partition coefficient (Wildman–Crippen LogP) is 21.1. The average molecular weight is 1110 g/mol. The van der Waals surface area contributed by atoms with Crippen LogP contribution in [0.2, 0.25) is 0 Å². The molecule has 464 valence electrons. The first-order valence-corrected chi connectivity index (χ1v) is 34.7. The number of esters is 2. The molecule has 0 spiro atoms. The van der Waals surface area contributed by atoms with E-state index in [1.165, 1.54) is 302 Å². The molecule has 0 fully saturated rings. The van der Waals surface area contributed by atoms with E-state index in [0.29, 0.717) is 17.4 Å². The van der Waals surface area contributed by atoms with E-state index in [9.17, 15) is 19.5 Å². The minimum Gasteiger partial charge on any atom is -0.477 e. The summed E-state index contributed by atoms with van der Waals surface area (Å²) in [5.74, 6) is -1.97. The SMILES string of the molecule is CCCCCCCCCCCCCCCCCCCCCCCCCCCCCCCCCCC(=O)OC(COC(=O)CCCCCCCCCCCCCCCCCCCCCCC)COC(OCC[N+](C)(C)C)C(=O)O. The highest BCUT2D eigenvalue weighted by Gasteiger charge is 2.25. The summed E-state index contributed by atoms with van der Waals surface area (Å²) < 4.78 is 23.0. The number of likely N-dealkylation sites (N-methyl/N-ethyl adjacent to an activating group) is 1. The Bertz CT molecular complexity index is 1240. The van der Waals surface area contributed by atoms with E-state index < -0.39 is 18.4 Å². The van der Waals surface area contributed by atoms with Crippen LogP contribution >= 0.6 is 0 Å². The Labute approximate surface area is 485 Å². The molecule has 0 aliphatic heterocycles. The average Bonchev–Trinajstić information content (AvgIpc) is 3.41. The maximum atomic E-state index is 12.9. The largest absolute Gasteiger partial charge is 0.477 e. The lowest BCUT2D eigenvalue weighted by atomic mass is 10.0. The molecule has 0 amide bonds. The van der Waals surface area contributed by atoms with Crippen LogP contribution < -0.4 is 0 Å². The summed E-state index contributed by atoms with van der Waals surface area (Å²) in [7, 11) is 5.99. The van der Waals surface area contributed by atoms with E-state index in [1.54, 1.807) is 0 Å². The summed E-state index contributed by atoms with van der Waals surface area (Å²) in [5, 5.41) is 9.73. The number of carbonyl (C=O) groups excluding carboxylic acids is 2. The predicted molar refractivity (Wildman–Crippen MR) is 332 cm³/mol. The van der Waals surface area contributed by atoms with Crippen molar-refractivity contribution in [3.05, 3.63) is 0 Å². The number of ether oxygens (including phenoxy) is 4. The Morgan fingerprint density at radius 1 is 0.333 bits per heavy atom. The van der Waals surface area contributed by atoms with Gasteiger partial charge in [-0.25, -0.2) is 4.79 Å². The van der Waals surface area contributed by atoms with Crippen molar-refractivity contribution in [3.8, 4) is 0 Å². The van der Waals surface area contributed by atoms with E-state index in [1.807, 2.05) is 21.1 Å². The fourth-order valence-corrected chi connectivity index (χ4v) is 10.8. The smallest absolute Gasteiger partial charge is 0.361 e. The van der Waals surface area contributed by atoms with Crippen LogP contribution in [0.1, 0.15) is 367 Å². The second-order valence-corrected chi connectivity index (χ2v) is 25.2. The van der Waals surface area contributed by atoms with Crippen molar-refractivity contribution in [2.45, 2.75) is 379 Å². The van der Waals surface area contributed by atoms with Crippen LogP contribution in [0.3, 0.4) is 0 Å². The van der Waals surface area contributed by atoms with E-state index in [2.05, 4.69) is 13.8 Å². The third-order valence-corrected chi connectivity index (χ3v) is 16.1. The molecule has 0 saturated heterocycles. The lowest BCUT2D eigenvalue weighted by Crippen LogP contribution is -2.40. The molecule has 0 aliphatic carbocycles. The molecule has 78 heavy (non-hydrogen) atoms. The monoisotopic (exact) mass is 1110 g/mol. The van der Waals surface area contributed by atoms with Gasteiger partial charge in [0.25, 0.3) is 6.29 Å². The lowest BCUT2D eigenvalue weighted by molar-refractivity contribution is -0.870. The van der Waals surface area contributed by atoms with E-state index in [-0.39, 0.29) is 38.2 Å². The number of hydrogen-bond donors (Lipinski definition) is 1. The van der Waals surface area contributed by atoms with Crippen LogP contribution in [-0.4, -0.2) is 87.4 Å². The molecule has 0 rings (SSSR count). The summed E-state index contributed by atoms with van der Waals surface area (Å²) in [6, 6.07) is 0. The van der Waals surface area contributed by atoms with Gasteiger partial charge in [-0.15, -0.1) is 0 Å². The van der Waals surface area contributed by atoms with Gasteiger partial charge < -0.3 is 28.5 Å². The zero-order chi connectivity index (χ0) is 56.9. The zero-order valence-electron chi connectivity index (χ0n) is 53.1. The molecule has 0 aromatic rings. The molecule has 0 aliphatic rings. The fraction of sp³-hybridized carbons (Fsp3) is 0.957. The van der Waals surface area contributed by atoms with Gasteiger partial charge in [-0.3, -0.25) is 9.59 Å². The molecule has 9 heteroatoms. The van der Waals surface area contributed by atoms with Gasteiger partial charge in [0.05, 0.1) is 34.4 Å². The standard InChI is InChI=1S/C69H135NO8/c1-6-8-10-12-14-16-18-20-22-24-26-28-29-30-31-32-33-34-35-36-37-38-40-42-44-46-48-50-52-54-56-58-60-67(72)78-65(64-77-69(68(73)74)75-62-61-70(3,4)5)63-76-66(71)59-57-55-53-51-49-47-45-43-41-39-27-25-23-21-19-17-15-13-11-9-7-2/h65,69H,6-64H2,1-5H3/p+1. The number of nitrogens with zero attached hydrogens (tertiary/aromatic N) is 1. The minimum absolute atomic E-state index is 0.172. The topological polar surface area (TPSA) is 108 Å². The summed E-state index contributed by atoms with van der Waals surface area (Å²) in [4.78, 5) is 37.6. The highest BCUT2D eigenvalue weighted by Crippen LogP contribution is 2.19. The number of carbonyl (C=O) groups is 3. The third-order valence-electron chi connectivity index (χ3n) is 16.1. The Balaban J connectivity index is 4.02. The maximum Gasteiger partial charge on any atom is 0.361 e. The van der Waals surface area contributed by atoms with Crippen LogP contribution in [-0.2, 0) is 33.3 Å². The fourth-order valence-electron chi connectivity index (χ4n) is 10.8. The first-order valence-electron chi connectivity index (χ1n) is 34.7. The van der Waals surface area contributed by atoms with Gasteiger partial charge >= 0.3 is 17.9 Å².